The van der Waals surface area contributed by atoms with E-state index in [2.05, 4.69) is 10.2 Å². The Hall–Kier alpha value is -1.13. The molecule has 0 aromatic heterocycles. The molecular formula is C14H21ClN2O2. The van der Waals surface area contributed by atoms with Gasteiger partial charge in [0.15, 0.2) is 0 Å². The second-order valence-electron chi connectivity index (χ2n) is 4.73. The topological polar surface area (TPSA) is 33.7 Å². The number of rotatable bonds is 4. The van der Waals surface area contributed by atoms with Gasteiger partial charge in [-0.05, 0) is 26.0 Å². The summed E-state index contributed by atoms with van der Waals surface area (Å²) in [6, 6.07) is 4.29. The lowest BCUT2D eigenvalue weighted by molar-refractivity contribution is 0.390. The van der Waals surface area contributed by atoms with Crippen LogP contribution in [0, 0.1) is 0 Å². The highest BCUT2D eigenvalue weighted by atomic mass is 35.5. The minimum Gasteiger partial charge on any atom is -0.495 e. The van der Waals surface area contributed by atoms with Crippen LogP contribution in [0.4, 0.5) is 5.69 Å². The molecule has 1 unspecified atom stereocenters. The Labute approximate surface area is 119 Å². The number of hydrogen-bond donors (Lipinski definition) is 1. The van der Waals surface area contributed by atoms with E-state index in [4.69, 9.17) is 21.1 Å². The van der Waals surface area contributed by atoms with Crippen LogP contribution in [0.15, 0.2) is 12.1 Å². The Morgan fingerprint density at radius 3 is 2.63 bits per heavy atom. The summed E-state index contributed by atoms with van der Waals surface area (Å²) in [5.74, 6) is 1.45. The van der Waals surface area contributed by atoms with Gasteiger partial charge in [-0.15, -0.1) is 0 Å². The first kappa shape index (κ1) is 14.3. The average Bonchev–Trinajstić information content (AvgIpc) is 2.47. The molecule has 0 saturated carbocycles. The van der Waals surface area contributed by atoms with E-state index in [9.17, 15) is 0 Å². The number of hydrogen-bond acceptors (Lipinski definition) is 4. The quantitative estimate of drug-likeness (QED) is 0.921. The van der Waals surface area contributed by atoms with Crippen LogP contribution < -0.4 is 19.7 Å². The molecule has 106 valence electrons. The van der Waals surface area contributed by atoms with Gasteiger partial charge in [-0.1, -0.05) is 11.6 Å². The predicted octanol–water partition coefficient (Wildman–Crippen LogP) is 2.55. The normalized spacial score (nSPS) is 19.4. The minimum atomic E-state index is 0.513. The summed E-state index contributed by atoms with van der Waals surface area (Å²) in [6.45, 7) is 1.99. The summed E-state index contributed by atoms with van der Waals surface area (Å²) in [6.07, 6.45) is 2.37. The third-order valence-electron chi connectivity index (χ3n) is 3.62. The molecule has 1 fully saturated rings. The van der Waals surface area contributed by atoms with Crippen molar-refractivity contribution in [2.45, 2.75) is 18.9 Å². The number of anilines is 1. The number of nitrogens with zero attached hydrogens (tertiary/aromatic N) is 1. The summed E-state index contributed by atoms with van der Waals surface area (Å²) in [4.78, 5) is 2.31. The van der Waals surface area contributed by atoms with E-state index in [0.29, 0.717) is 16.8 Å². The Bertz CT molecular complexity index is 440. The molecule has 2 rings (SSSR count). The van der Waals surface area contributed by atoms with Gasteiger partial charge in [-0.3, -0.25) is 0 Å². The molecule has 1 aromatic carbocycles. The standard InChI is InChI=1S/C14H21ClN2O2/c1-16-10-5-4-6-17(9-10)12-7-11(15)13(18-2)8-14(12)19-3/h7-8,10,16H,4-6,9H2,1-3H3. The lowest BCUT2D eigenvalue weighted by Crippen LogP contribution is -2.44. The van der Waals surface area contributed by atoms with E-state index in [1.807, 2.05) is 19.2 Å². The van der Waals surface area contributed by atoms with Crippen molar-refractivity contribution in [1.29, 1.82) is 0 Å². The van der Waals surface area contributed by atoms with Gasteiger partial charge in [-0.25, -0.2) is 0 Å². The smallest absolute Gasteiger partial charge is 0.145 e. The molecule has 5 heteroatoms. The molecule has 1 heterocycles. The van der Waals surface area contributed by atoms with Gasteiger partial charge < -0.3 is 19.7 Å². The van der Waals surface area contributed by atoms with Crippen molar-refractivity contribution in [1.82, 2.24) is 5.32 Å². The fourth-order valence-electron chi connectivity index (χ4n) is 2.52. The molecule has 0 aliphatic carbocycles. The molecule has 1 aromatic rings. The second kappa shape index (κ2) is 6.35. The van der Waals surface area contributed by atoms with Crippen molar-refractivity contribution in [3.63, 3.8) is 0 Å². The molecular weight excluding hydrogens is 264 g/mol. The molecule has 19 heavy (non-hydrogen) atoms. The van der Waals surface area contributed by atoms with Crippen molar-refractivity contribution < 1.29 is 9.47 Å². The van der Waals surface area contributed by atoms with Gasteiger partial charge in [0, 0.05) is 25.2 Å². The molecule has 1 saturated heterocycles. The van der Waals surface area contributed by atoms with Gasteiger partial charge >= 0.3 is 0 Å². The molecule has 0 amide bonds. The molecule has 0 spiro atoms. The van der Waals surface area contributed by atoms with E-state index in [1.54, 1.807) is 14.2 Å². The number of nitrogens with one attached hydrogen (secondary N) is 1. The molecule has 1 atom stereocenters. The van der Waals surface area contributed by atoms with Crippen LogP contribution in [0.1, 0.15) is 12.8 Å². The maximum atomic E-state index is 6.23. The third kappa shape index (κ3) is 3.07. The molecule has 1 aliphatic rings. The zero-order valence-electron chi connectivity index (χ0n) is 11.7. The minimum absolute atomic E-state index is 0.513. The Morgan fingerprint density at radius 1 is 1.26 bits per heavy atom. The first-order valence-electron chi connectivity index (χ1n) is 6.53. The van der Waals surface area contributed by atoms with Crippen molar-refractivity contribution in [2.24, 2.45) is 0 Å². The summed E-state index contributed by atoms with van der Waals surface area (Å²) in [5, 5.41) is 3.95. The van der Waals surface area contributed by atoms with Gasteiger partial charge in [0.25, 0.3) is 0 Å². The first-order valence-corrected chi connectivity index (χ1v) is 6.91. The monoisotopic (exact) mass is 284 g/mol. The van der Waals surface area contributed by atoms with Crippen molar-refractivity contribution in [2.75, 3.05) is 39.3 Å². The van der Waals surface area contributed by atoms with Crippen molar-refractivity contribution >= 4 is 17.3 Å². The van der Waals surface area contributed by atoms with Crippen LogP contribution in [-0.2, 0) is 0 Å². The maximum absolute atomic E-state index is 6.23. The van der Waals surface area contributed by atoms with Crippen LogP contribution in [-0.4, -0.2) is 40.4 Å². The van der Waals surface area contributed by atoms with Gasteiger partial charge in [0.1, 0.15) is 11.5 Å². The number of halogens is 1. The van der Waals surface area contributed by atoms with Crippen LogP contribution in [0.2, 0.25) is 5.02 Å². The fraction of sp³-hybridized carbons (Fsp3) is 0.571. The first-order chi connectivity index (χ1) is 9.19. The van der Waals surface area contributed by atoms with E-state index < -0.39 is 0 Å². The summed E-state index contributed by atoms with van der Waals surface area (Å²) >= 11 is 6.23. The Morgan fingerprint density at radius 2 is 2.00 bits per heavy atom. The molecule has 1 N–H and O–H groups in total. The zero-order valence-corrected chi connectivity index (χ0v) is 12.5. The third-order valence-corrected chi connectivity index (χ3v) is 3.92. The summed E-state index contributed by atoms with van der Waals surface area (Å²) in [5.41, 5.74) is 1.04. The van der Waals surface area contributed by atoms with Crippen molar-refractivity contribution in [3.05, 3.63) is 17.2 Å². The SMILES string of the molecule is CNC1CCCN(c2cc(Cl)c(OC)cc2OC)C1. The highest BCUT2D eigenvalue weighted by molar-refractivity contribution is 6.32. The van der Waals surface area contributed by atoms with Gasteiger partial charge in [0.2, 0.25) is 0 Å². The largest absolute Gasteiger partial charge is 0.495 e. The maximum Gasteiger partial charge on any atom is 0.145 e. The highest BCUT2D eigenvalue weighted by Crippen LogP contribution is 2.38. The predicted molar refractivity (Wildman–Crippen MR) is 78.9 cm³/mol. The Kier molecular flexibility index (Phi) is 4.77. The number of piperidine rings is 1. The van der Waals surface area contributed by atoms with Crippen LogP contribution in [0.25, 0.3) is 0 Å². The van der Waals surface area contributed by atoms with Crippen LogP contribution >= 0.6 is 11.6 Å². The van der Waals surface area contributed by atoms with Crippen molar-refractivity contribution in [3.8, 4) is 11.5 Å². The average molecular weight is 285 g/mol. The molecule has 1 aliphatic heterocycles. The van der Waals surface area contributed by atoms with Crippen LogP contribution in [0.5, 0.6) is 11.5 Å². The van der Waals surface area contributed by atoms with E-state index in [0.717, 1.165) is 30.9 Å². The lowest BCUT2D eigenvalue weighted by Gasteiger charge is -2.35. The second-order valence-corrected chi connectivity index (χ2v) is 5.14. The number of benzene rings is 1. The summed E-state index contributed by atoms with van der Waals surface area (Å²) in [7, 11) is 5.29. The number of methoxy groups -OCH3 is 2. The molecule has 4 nitrogen and oxygen atoms in total. The lowest BCUT2D eigenvalue weighted by atomic mass is 10.0. The number of ether oxygens (including phenoxy) is 2. The molecule has 0 bridgehead atoms. The van der Waals surface area contributed by atoms with Gasteiger partial charge in [-0.2, -0.15) is 0 Å². The Balaban J connectivity index is 2.30. The number of likely N-dealkylation sites (N-methyl/N-ethyl adjacent to an activating group) is 1. The zero-order chi connectivity index (χ0) is 13.8. The van der Waals surface area contributed by atoms with Crippen LogP contribution in [0.3, 0.4) is 0 Å². The van der Waals surface area contributed by atoms with E-state index in [1.165, 1.54) is 6.42 Å². The fourth-order valence-corrected chi connectivity index (χ4v) is 2.76. The van der Waals surface area contributed by atoms with E-state index in [-0.39, 0.29) is 0 Å². The highest BCUT2D eigenvalue weighted by Gasteiger charge is 2.22. The summed E-state index contributed by atoms with van der Waals surface area (Å²) < 4.78 is 10.7. The molecule has 0 radical (unpaired) electrons. The van der Waals surface area contributed by atoms with Gasteiger partial charge in [0.05, 0.1) is 24.9 Å². The van der Waals surface area contributed by atoms with E-state index >= 15 is 0 Å².